The summed E-state index contributed by atoms with van der Waals surface area (Å²) in [6.45, 7) is 1.17. The van der Waals surface area contributed by atoms with E-state index in [0.717, 1.165) is 0 Å². The number of hydrogen-bond donors (Lipinski definition) is 3. The van der Waals surface area contributed by atoms with E-state index in [0.29, 0.717) is 32.4 Å². The molecule has 28 heavy (non-hydrogen) atoms. The van der Waals surface area contributed by atoms with Crippen LogP contribution < -0.4 is 16.0 Å². The maximum absolute atomic E-state index is 13.3. The van der Waals surface area contributed by atoms with Crippen LogP contribution in [0.2, 0.25) is 0 Å². The summed E-state index contributed by atoms with van der Waals surface area (Å²) in [5.74, 6) is 1.32. The number of terminal acetylenes is 1. The van der Waals surface area contributed by atoms with E-state index in [1.165, 1.54) is 18.2 Å². The zero-order valence-corrected chi connectivity index (χ0v) is 15.4. The van der Waals surface area contributed by atoms with Crippen molar-refractivity contribution >= 4 is 17.7 Å². The van der Waals surface area contributed by atoms with Gasteiger partial charge in [-0.1, -0.05) is 12.0 Å². The SMILES string of the molecule is C#CCNC(=O)CCC1CNC(=O)C2CC(NC(=O)c3cccc(F)c3)CN12. The Kier molecular flexibility index (Phi) is 6.26. The highest BCUT2D eigenvalue weighted by Gasteiger charge is 2.43. The molecule has 2 aliphatic rings. The topological polar surface area (TPSA) is 90.5 Å². The van der Waals surface area contributed by atoms with E-state index in [9.17, 15) is 18.8 Å². The molecule has 0 saturated carbocycles. The predicted octanol–water partition coefficient (Wildman–Crippen LogP) is 0.0264. The minimum atomic E-state index is -0.473. The Morgan fingerprint density at radius 2 is 2.21 bits per heavy atom. The molecule has 0 aliphatic carbocycles. The highest BCUT2D eigenvalue weighted by molar-refractivity contribution is 5.94. The molecular weight excluding hydrogens is 363 g/mol. The normalized spacial score (nSPS) is 24.0. The van der Waals surface area contributed by atoms with E-state index < -0.39 is 5.82 Å². The molecule has 3 rings (SSSR count). The number of rotatable bonds is 6. The van der Waals surface area contributed by atoms with Gasteiger partial charge < -0.3 is 16.0 Å². The molecule has 0 spiro atoms. The van der Waals surface area contributed by atoms with E-state index in [1.54, 1.807) is 6.07 Å². The van der Waals surface area contributed by atoms with E-state index in [2.05, 4.69) is 21.9 Å². The summed E-state index contributed by atoms with van der Waals surface area (Å²) in [7, 11) is 0. The minimum Gasteiger partial charge on any atom is -0.353 e. The lowest BCUT2D eigenvalue weighted by atomic mass is 10.0. The number of hydrogen-bond acceptors (Lipinski definition) is 4. The summed E-state index contributed by atoms with van der Waals surface area (Å²) in [5, 5.41) is 8.39. The fourth-order valence-corrected chi connectivity index (χ4v) is 3.78. The maximum Gasteiger partial charge on any atom is 0.251 e. The molecule has 148 valence electrons. The Morgan fingerprint density at radius 3 is 2.96 bits per heavy atom. The third-order valence-corrected chi connectivity index (χ3v) is 5.14. The van der Waals surface area contributed by atoms with Gasteiger partial charge in [-0.2, -0.15) is 0 Å². The fourth-order valence-electron chi connectivity index (χ4n) is 3.78. The van der Waals surface area contributed by atoms with E-state index in [1.807, 2.05) is 4.90 Å². The largest absolute Gasteiger partial charge is 0.353 e. The Hall–Kier alpha value is -2.92. The Labute approximate surface area is 163 Å². The average Bonchev–Trinajstić information content (AvgIpc) is 3.10. The molecule has 7 nitrogen and oxygen atoms in total. The van der Waals surface area contributed by atoms with Crippen LogP contribution in [0.25, 0.3) is 0 Å². The van der Waals surface area contributed by atoms with Crippen molar-refractivity contribution in [3.05, 3.63) is 35.6 Å². The van der Waals surface area contributed by atoms with Gasteiger partial charge in [-0.05, 0) is 31.0 Å². The van der Waals surface area contributed by atoms with Gasteiger partial charge in [0, 0.05) is 37.2 Å². The molecule has 8 heteroatoms. The lowest BCUT2D eigenvalue weighted by Crippen LogP contribution is -2.58. The van der Waals surface area contributed by atoms with Crippen molar-refractivity contribution in [2.75, 3.05) is 19.6 Å². The second kappa shape index (κ2) is 8.85. The molecule has 1 aromatic carbocycles. The summed E-state index contributed by atoms with van der Waals surface area (Å²) in [4.78, 5) is 38.4. The lowest BCUT2D eigenvalue weighted by molar-refractivity contribution is -0.129. The second-order valence-corrected chi connectivity index (χ2v) is 7.05. The summed E-state index contributed by atoms with van der Waals surface area (Å²) in [6.07, 6.45) is 6.50. The van der Waals surface area contributed by atoms with Crippen LogP contribution in [0.5, 0.6) is 0 Å². The number of halogens is 1. The van der Waals surface area contributed by atoms with Crippen LogP contribution in [0, 0.1) is 18.2 Å². The van der Waals surface area contributed by atoms with Gasteiger partial charge in [0.2, 0.25) is 11.8 Å². The van der Waals surface area contributed by atoms with Crippen molar-refractivity contribution in [1.29, 1.82) is 0 Å². The van der Waals surface area contributed by atoms with Crippen LogP contribution in [-0.2, 0) is 9.59 Å². The van der Waals surface area contributed by atoms with E-state index in [-0.39, 0.29) is 48.0 Å². The molecule has 3 N–H and O–H groups in total. The highest BCUT2D eigenvalue weighted by atomic mass is 19.1. The molecule has 0 bridgehead atoms. The molecular formula is C20H23FN4O3. The Morgan fingerprint density at radius 1 is 1.39 bits per heavy atom. The van der Waals surface area contributed by atoms with Crippen molar-refractivity contribution in [3.8, 4) is 12.3 Å². The van der Waals surface area contributed by atoms with Gasteiger partial charge in [0.25, 0.3) is 5.91 Å². The van der Waals surface area contributed by atoms with E-state index >= 15 is 0 Å². The van der Waals surface area contributed by atoms with Crippen molar-refractivity contribution in [3.63, 3.8) is 0 Å². The first-order chi connectivity index (χ1) is 13.5. The summed E-state index contributed by atoms with van der Waals surface area (Å²) >= 11 is 0. The third-order valence-electron chi connectivity index (χ3n) is 5.14. The van der Waals surface area contributed by atoms with Crippen LogP contribution >= 0.6 is 0 Å². The number of amides is 3. The smallest absolute Gasteiger partial charge is 0.251 e. The molecule has 2 saturated heterocycles. The van der Waals surface area contributed by atoms with Crippen molar-refractivity contribution in [2.45, 2.75) is 37.4 Å². The predicted molar refractivity (Wildman–Crippen MR) is 101 cm³/mol. The number of benzene rings is 1. The van der Waals surface area contributed by atoms with Crippen LogP contribution in [0.4, 0.5) is 4.39 Å². The Balaban J connectivity index is 1.58. The zero-order chi connectivity index (χ0) is 20.1. The number of nitrogens with one attached hydrogen (secondary N) is 3. The molecule has 2 heterocycles. The zero-order valence-electron chi connectivity index (χ0n) is 15.4. The molecule has 3 unspecified atom stereocenters. The number of carbonyl (C=O) groups excluding carboxylic acids is 3. The van der Waals surface area contributed by atoms with Gasteiger partial charge in [0.05, 0.1) is 12.6 Å². The molecule has 2 fully saturated rings. The first-order valence-electron chi connectivity index (χ1n) is 9.28. The highest BCUT2D eigenvalue weighted by Crippen LogP contribution is 2.26. The van der Waals surface area contributed by atoms with Crippen molar-refractivity contribution in [2.24, 2.45) is 0 Å². The fraction of sp³-hybridized carbons (Fsp3) is 0.450. The average molecular weight is 386 g/mol. The van der Waals surface area contributed by atoms with Crippen molar-refractivity contribution < 1.29 is 18.8 Å². The molecule has 0 radical (unpaired) electrons. The van der Waals surface area contributed by atoms with Crippen LogP contribution in [0.3, 0.4) is 0 Å². The minimum absolute atomic E-state index is 0.00959. The number of nitrogens with zero attached hydrogens (tertiary/aromatic N) is 1. The second-order valence-electron chi connectivity index (χ2n) is 7.05. The van der Waals surface area contributed by atoms with Crippen LogP contribution in [0.15, 0.2) is 24.3 Å². The molecule has 0 aromatic heterocycles. The van der Waals surface area contributed by atoms with Crippen molar-refractivity contribution in [1.82, 2.24) is 20.9 Å². The first kappa shape index (κ1) is 19.8. The number of fused-ring (bicyclic) bond motifs is 1. The molecule has 3 amide bonds. The summed E-state index contributed by atoms with van der Waals surface area (Å²) < 4.78 is 13.3. The van der Waals surface area contributed by atoms with Gasteiger partial charge >= 0.3 is 0 Å². The van der Waals surface area contributed by atoms with Crippen LogP contribution in [0.1, 0.15) is 29.6 Å². The standard InChI is InChI=1S/C20H23FN4O3/c1-2-8-22-18(26)7-6-16-11-23-20(28)17-10-15(12-25(16)17)24-19(27)13-4-3-5-14(21)9-13/h1,3-5,9,15-17H,6-8,10-12H2,(H,22,26)(H,23,28)(H,24,27). The van der Waals surface area contributed by atoms with Gasteiger partial charge in [0.15, 0.2) is 0 Å². The lowest BCUT2D eigenvalue weighted by Gasteiger charge is -2.37. The maximum atomic E-state index is 13.3. The summed E-state index contributed by atoms with van der Waals surface area (Å²) in [5.41, 5.74) is 0.246. The number of piperazine rings is 1. The van der Waals surface area contributed by atoms with Gasteiger partial charge in [-0.25, -0.2) is 4.39 Å². The molecule has 2 aliphatic heterocycles. The van der Waals surface area contributed by atoms with E-state index in [4.69, 9.17) is 6.42 Å². The van der Waals surface area contributed by atoms with Crippen LogP contribution in [-0.4, -0.2) is 60.4 Å². The van der Waals surface area contributed by atoms with Gasteiger partial charge in [-0.3, -0.25) is 19.3 Å². The van der Waals surface area contributed by atoms with Gasteiger partial charge in [0.1, 0.15) is 5.82 Å². The monoisotopic (exact) mass is 386 g/mol. The van der Waals surface area contributed by atoms with Gasteiger partial charge in [-0.15, -0.1) is 6.42 Å². The Bertz CT molecular complexity index is 807. The quantitative estimate of drug-likeness (QED) is 0.602. The summed E-state index contributed by atoms with van der Waals surface area (Å²) in [6, 6.07) is 4.94. The molecule has 3 atom stereocenters. The third kappa shape index (κ3) is 4.67. The molecule has 1 aromatic rings. The number of carbonyl (C=O) groups is 3. The first-order valence-corrected chi connectivity index (χ1v) is 9.28.